The van der Waals surface area contributed by atoms with Gasteiger partial charge in [-0.15, -0.1) is 0 Å². The lowest BCUT2D eigenvalue weighted by Crippen LogP contribution is -2.37. The number of nitrogen functional groups attached to an aromatic ring is 1. The zero-order chi connectivity index (χ0) is 13.5. The van der Waals surface area contributed by atoms with Crippen molar-refractivity contribution in [2.45, 2.75) is 13.8 Å². The Morgan fingerprint density at radius 3 is 2.83 bits per heavy atom. The Balaban J connectivity index is 2.84. The molecule has 0 fully saturated rings. The summed E-state index contributed by atoms with van der Waals surface area (Å²) >= 11 is 0. The summed E-state index contributed by atoms with van der Waals surface area (Å²) < 4.78 is 5.02. The maximum Gasteiger partial charge on any atom is 0.274 e. The Hall–Kier alpha value is -1.62. The molecule has 0 atom stereocenters. The van der Waals surface area contributed by atoms with Gasteiger partial charge in [0, 0.05) is 26.4 Å². The summed E-state index contributed by atoms with van der Waals surface area (Å²) in [5, 5.41) is 0. The van der Waals surface area contributed by atoms with Crippen molar-refractivity contribution < 1.29 is 9.53 Å². The number of carbonyl (C=O) groups is 1. The van der Waals surface area contributed by atoms with E-state index in [0.29, 0.717) is 37.0 Å². The molecule has 0 radical (unpaired) electrons. The summed E-state index contributed by atoms with van der Waals surface area (Å²) in [6.07, 6.45) is 1.58. The van der Waals surface area contributed by atoms with Crippen LogP contribution in [0.1, 0.15) is 24.3 Å². The number of ether oxygens (including phenoxy) is 1. The molecule has 1 amide bonds. The van der Waals surface area contributed by atoms with Crippen LogP contribution in [0.25, 0.3) is 0 Å². The Labute approximate surface area is 108 Å². The first kappa shape index (κ1) is 14.4. The van der Waals surface area contributed by atoms with E-state index < -0.39 is 0 Å². The summed E-state index contributed by atoms with van der Waals surface area (Å²) in [6, 6.07) is 3.40. The van der Waals surface area contributed by atoms with E-state index in [1.165, 1.54) is 0 Å². The molecule has 0 saturated heterocycles. The van der Waals surface area contributed by atoms with E-state index in [0.717, 1.165) is 0 Å². The maximum atomic E-state index is 12.3. The third-order valence-electron chi connectivity index (χ3n) is 2.48. The molecule has 2 N–H and O–H groups in total. The Kier molecular flexibility index (Phi) is 5.58. The predicted molar refractivity (Wildman–Crippen MR) is 71.3 cm³/mol. The van der Waals surface area contributed by atoms with Crippen LogP contribution in [0, 0.1) is 5.92 Å². The molecule has 0 aromatic carbocycles. The van der Waals surface area contributed by atoms with Gasteiger partial charge in [-0.3, -0.25) is 4.79 Å². The number of methoxy groups -OCH3 is 1. The molecule has 0 saturated carbocycles. The third kappa shape index (κ3) is 4.00. The van der Waals surface area contributed by atoms with Crippen LogP contribution in [0.15, 0.2) is 18.3 Å². The Bertz CT molecular complexity index is 394. The van der Waals surface area contributed by atoms with Gasteiger partial charge in [0.05, 0.1) is 12.3 Å². The lowest BCUT2D eigenvalue weighted by Gasteiger charge is -2.24. The van der Waals surface area contributed by atoms with E-state index in [4.69, 9.17) is 10.5 Å². The number of aromatic nitrogens is 1. The zero-order valence-corrected chi connectivity index (χ0v) is 11.2. The number of nitrogens with two attached hydrogens (primary N) is 1. The zero-order valence-electron chi connectivity index (χ0n) is 11.2. The minimum atomic E-state index is -0.140. The van der Waals surface area contributed by atoms with Crippen molar-refractivity contribution >= 4 is 11.6 Å². The molecule has 1 rings (SSSR count). The summed E-state index contributed by atoms with van der Waals surface area (Å²) in [6.45, 7) is 5.84. The molecule has 5 heteroatoms. The summed E-state index contributed by atoms with van der Waals surface area (Å²) in [5.41, 5.74) is 6.50. The predicted octanol–water partition coefficient (Wildman–Crippen LogP) is 1.41. The monoisotopic (exact) mass is 251 g/mol. The standard InChI is InChI=1S/C13H21N3O2/c1-10(2)9-16(7-8-18-3)13(17)12-11(14)5-4-6-15-12/h4-6,10H,7-9,14H2,1-3H3. The van der Waals surface area contributed by atoms with Gasteiger partial charge in [0.1, 0.15) is 0 Å². The van der Waals surface area contributed by atoms with Gasteiger partial charge in [0.25, 0.3) is 5.91 Å². The fourth-order valence-electron chi connectivity index (χ4n) is 1.66. The summed E-state index contributed by atoms with van der Waals surface area (Å²) in [5.74, 6) is 0.245. The van der Waals surface area contributed by atoms with Crippen molar-refractivity contribution in [3.8, 4) is 0 Å². The Morgan fingerprint density at radius 1 is 1.56 bits per heavy atom. The van der Waals surface area contributed by atoms with Crippen LogP contribution in [0.4, 0.5) is 5.69 Å². The molecule has 0 bridgehead atoms. The summed E-state index contributed by atoms with van der Waals surface area (Å²) in [4.78, 5) is 18.1. The largest absolute Gasteiger partial charge is 0.397 e. The van der Waals surface area contributed by atoms with Crippen LogP contribution < -0.4 is 5.73 Å². The molecular formula is C13H21N3O2. The van der Waals surface area contributed by atoms with E-state index >= 15 is 0 Å². The Morgan fingerprint density at radius 2 is 2.28 bits per heavy atom. The van der Waals surface area contributed by atoms with Crippen LogP contribution in [0.2, 0.25) is 0 Å². The van der Waals surface area contributed by atoms with Crippen LogP contribution in [0.3, 0.4) is 0 Å². The fraction of sp³-hybridized carbons (Fsp3) is 0.538. The van der Waals surface area contributed by atoms with Gasteiger partial charge in [0.2, 0.25) is 0 Å². The van der Waals surface area contributed by atoms with E-state index in [-0.39, 0.29) is 5.91 Å². The van der Waals surface area contributed by atoms with E-state index in [1.807, 2.05) is 0 Å². The van der Waals surface area contributed by atoms with E-state index in [1.54, 1.807) is 30.3 Å². The van der Waals surface area contributed by atoms with Crippen molar-refractivity contribution in [1.82, 2.24) is 9.88 Å². The molecule has 5 nitrogen and oxygen atoms in total. The van der Waals surface area contributed by atoms with E-state index in [9.17, 15) is 4.79 Å². The smallest absolute Gasteiger partial charge is 0.274 e. The number of anilines is 1. The number of amides is 1. The minimum Gasteiger partial charge on any atom is -0.397 e. The lowest BCUT2D eigenvalue weighted by atomic mass is 10.2. The molecule has 1 aromatic heterocycles. The number of hydrogen-bond donors (Lipinski definition) is 1. The number of hydrogen-bond acceptors (Lipinski definition) is 4. The highest BCUT2D eigenvalue weighted by molar-refractivity contribution is 5.97. The van der Waals surface area contributed by atoms with Crippen molar-refractivity contribution in [2.24, 2.45) is 5.92 Å². The SMILES string of the molecule is COCCN(CC(C)C)C(=O)c1ncccc1N. The molecule has 100 valence electrons. The number of pyridine rings is 1. The second-order valence-corrected chi connectivity index (χ2v) is 4.58. The molecule has 0 aliphatic rings. The topological polar surface area (TPSA) is 68.5 Å². The van der Waals surface area contributed by atoms with Gasteiger partial charge in [-0.25, -0.2) is 4.98 Å². The third-order valence-corrected chi connectivity index (χ3v) is 2.48. The molecular weight excluding hydrogens is 230 g/mol. The molecule has 0 spiro atoms. The van der Waals surface area contributed by atoms with Crippen LogP contribution in [-0.2, 0) is 4.74 Å². The van der Waals surface area contributed by atoms with E-state index in [2.05, 4.69) is 18.8 Å². The van der Waals surface area contributed by atoms with Gasteiger partial charge in [-0.1, -0.05) is 13.8 Å². The van der Waals surface area contributed by atoms with Gasteiger partial charge in [-0.05, 0) is 18.1 Å². The molecule has 0 aliphatic carbocycles. The van der Waals surface area contributed by atoms with Crippen molar-refractivity contribution in [3.63, 3.8) is 0 Å². The second kappa shape index (κ2) is 6.96. The normalized spacial score (nSPS) is 10.7. The number of carbonyl (C=O) groups excluding carboxylic acids is 1. The average Bonchev–Trinajstić information content (AvgIpc) is 2.34. The molecule has 18 heavy (non-hydrogen) atoms. The highest BCUT2D eigenvalue weighted by Crippen LogP contribution is 2.11. The van der Waals surface area contributed by atoms with Crippen LogP contribution >= 0.6 is 0 Å². The van der Waals surface area contributed by atoms with Gasteiger partial charge in [-0.2, -0.15) is 0 Å². The molecule has 0 aliphatic heterocycles. The average molecular weight is 251 g/mol. The minimum absolute atomic E-state index is 0.140. The lowest BCUT2D eigenvalue weighted by molar-refractivity contribution is 0.0667. The first-order chi connectivity index (χ1) is 8.56. The van der Waals surface area contributed by atoms with Crippen LogP contribution in [0.5, 0.6) is 0 Å². The maximum absolute atomic E-state index is 12.3. The quantitative estimate of drug-likeness (QED) is 0.830. The van der Waals surface area contributed by atoms with Gasteiger partial charge in [0.15, 0.2) is 5.69 Å². The first-order valence-corrected chi connectivity index (χ1v) is 6.05. The van der Waals surface area contributed by atoms with Gasteiger partial charge < -0.3 is 15.4 Å². The highest BCUT2D eigenvalue weighted by atomic mass is 16.5. The van der Waals surface area contributed by atoms with Gasteiger partial charge >= 0.3 is 0 Å². The summed E-state index contributed by atoms with van der Waals surface area (Å²) in [7, 11) is 1.62. The molecule has 0 unspecified atom stereocenters. The fourth-order valence-corrected chi connectivity index (χ4v) is 1.66. The van der Waals surface area contributed by atoms with Crippen molar-refractivity contribution in [1.29, 1.82) is 0 Å². The molecule has 1 aromatic rings. The molecule has 1 heterocycles. The second-order valence-electron chi connectivity index (χ2n) is 4.58. The van der Waals surface area contributed by atoms with Crippen molar-refractivity contribution in [2.75, 3.05) is 32.5 Å². The number of nitrogens with zero attached hydrogens (tertiary/aromatic N) is 2. The highest BCUT2D eigenvalue weighted by Gasteiger charge is 2.19. The number of rotatable bonds is 6. The van der Waals surface area contributed by atoms with Crippen LogP contribution in [-0.4, -0.2) is 42.6 Å². The first-order valence-electron chi connectivity index (χ1n) is 6.05. The van der Waals surface area contributed by atoms with Crippen molar-refractivity contribution in [3.05, 3.63) is 24.0 Å².